The number of benzene rings is 1. The number of pyridine rings is 1. The summed E-state index contributed by atoms with van der Waals surface area (Å²) in [6.07, 6.45) is 2.20. The molecule has 5 heteroatoms. The summed E-state index contributed by atoms with van der Waals surface area (Å²) in [5, 5.41) is 8.74. The fourth-order valence-electron chi connectivity index (χ4n) is 2.41. The van der Waals surface area contributed by atoms with Gasteiger partial charge in [0.25, 0.3) is 5.91 Å². The number of hydrogen-bond donors (Lipinski definition) is 1. The van der Waals surface area contributed by atoms with Crippen LogP contribution in [-0.2, 0) is 6.42 Å². The molecule has 2 N–H and O–H groups in total. The van der Waals surface area contributed by atoms with Gasteiger partial charge in [0.1, 0.15) is 11.8 Å². The molecule has 0 fully saturated rings. The van der Waals surface area contributed by atoms with Crippen LogP contribution in [0.15, 0.2) is 36.5 Å². The maximum absolute atomic E-state index is 12.5. The van der Waals surface area contributed by atoms with Crippen molar-refractivity contribution in [2.45, 2.75) is 6.42 Å². The van der Waals surface area contributed by atoms with E-state index in [1.54, 1.807) is 23.1 Å². The molecule has 2 aromatic rings. The summed E-state index contributed by atoms with van der Waals surface area (Å²) in [7, 11) is 0. The van der Waals surface area contributed by atoms with Crippen molar-refractivity contribution in [3.05, 3.63) is 53.3 Å². The Balaban J connectivity index is 1.95. The molecule has 3 rings (SSSR count). The lowest BCUT2D eigenvalue weighted by molar-refractivity contribution is 0.0984. The zero-order chi connectivity index (χ0) is 14.1. The van der Waals surface area contributed by atoms with E-state index in [1.165, 1.54) is 6.20 Å². The third-order valence-electron chi connectivity index (χ3n) is 3.38. The van der Waals surface area contributed by atoms with Crippen molar-refractivity contribution < 1.29 is 4.79 Å². The molecule has 0 radical (unpaired) electrons. The molecule has 1 amide bonds. The molecule has 0 saturated carbocycles. The van der Waals surface area contributed by atoms with E-state index in [9.17, 15) is 4.79 Å². The van der Waals surface area contributed by atoms with E-state index >= 15 is 0 Å². The Labute approximate surface area is 116 Å². The lowest BCUT2D eigenvalue weighted by Crippen LogP contribution is -2.30. The van der Waals surface area contributed by atoms with Gasteiger partial charge in [-0.25, -0.2) is 4.98 Å². The van der Waals surface area contributed by atoms with Crippen LogP contribution >= 0.6 is 0 Å². The van der Waals surface area contributed by atoms with Crippen LogP contribution in [0.2, 0.25) is 0 Å². The average molecular weight is 264 g/mol. The van der Waals surface area contributed by atoms with Crippen molar-refractivity contribution in [1.29, 1.82) is 5.26 Å². The van der Waals surface area contributed by atoms with E-state index in [4.69, 9.17) is 11.0 Å². The van der Waals surface area contributed by atoms with E-state index in [1.807, 2.05) is 18.2 Å². The van der Waals surface area contributed by atoms with Crippen LogP contribution in [0.3, 0.4) is 0 Å². The predicted molar refractivity (Wildman–Crippen MR) is 75.2 cm³/mol. The number of nitrogens with zero attached hydrogens (tertiary/aromatic N) is 3. The highest BCUT2D eigenvalue weighted by molar-refractivity contribution is 6.07. The number of carbonyl (C=O) groups excluding carboxylic acids is 1. The normalized spacial score (nSPS) is 12.8. The minimum atomic E-state index is -0.189. The third-order valence-corrected chi connectivity index (χ3v) is 3.38. The highest BCUT2D eigenvalue weighted by Crippen LogP contribution is 2.34. The van der Waals surface area contributed by atoms with Gasteiger partial charge in [-0.2, -0.15) is 5.26 Å². The number of para-hydroxylation sites is 1. The maximum atomic E-state index is 12.5. The Kier molecular flexibility index (Phi) is 2.84. The monoisotopic (exact) mass is 264 g/mol. The third kappa shape index (κ3) is 1.88. The van der Waals surface area contributed by atoms with Gasteiger partial charge in [-0.15, -0.1) is 0 Å². The van der Waals surface area contributed by atoms with Gasteiger partial charge in [0, 0.05) is 12.7 Å². The number of fused-ring (bicyclic) bond motifs is 1. The molecule has 0 aliphatic carbocycles. The lowest BCUT2D eigenvalue weighted by atomic mass is 10.1. The van der Waals surface area contributed by atoms with Crippen LogP contribution in [0, 0.1) is 11.3 Å². The number of carbonyl (C=O) groups is 1. The molecule has 0 saturated heterocycles. The molecular formula is C15H12N4O. The minimum absolute atomic E-state index is 0.189. The van der Waals surface area contributed by atoms with Crippen molar-refractivity contribution in [3.63, 3.8) is 0 Å². The Morgan fingerprint density at radius 3 is 2.90 bits per heavy atom. The molecule has 20 heavy (non-hydrogen) atoms. The summed E-state index contributed by atoms with van der Waals surface area (Å²) < 4.78 is 0. The highest BCUT2D eigenvalue weighted by atomic mass is 16.2. The predicted octanol–water partition coefficient (Wildman–Crippen LogP) is 1.74. The van der Waals surface area contributed by atoms with E-state index in [0.29, 0.717) is 23.5 Å². The molecule has 98 valence electrons. The molecular weight excluding hydrogens is 252 g/mol. The molecule has 1 aliphatic heterocycles. The number of amides is 1. The number of anilines is 2. The Morgan fingerprint density at radius 1 is 1.35 bits per heavy atom. The summed E-state index contributed by atoms with van der Waals surface area (Å²) in [4.78, 5) is 18.2. The second kappa shape index (κ2) is 4.67. The van der Waals surface area contributed by atoms with Gasteiger partial charge in [-0.1, -0.05) is 12.1 Å². The van der Waals surface area contributed by atoms with Crippen LogP contribution in [0.25, 0.3) is 0 Å². The zero-order valence-corrected chi connectivity index (χ0v) is 10.7. The molecule has 0 atom stereocenters. The molecule has 0 bridgehead atoms. The van der Waals surface area contributed by atoms with Crippen LogP contribution in [0.1, 0.15) is 21.6 Å². The zero-order valence-electron chi connectivity index (χ0n) is 10.7. The summed E-state index contributed by atoms with van der Waals surface area (Å²) >= 11 is 0. The van der Waals surface area contributed by atoms with Crippen LogP contribution in [0.4, 0.5) is 11.4 Å². The molecule has 2 heterocycles. The number of nitriles is 1. The van der Waals surface area contributed by atoms with Gasteiger partial charge in [-0.05, 0) is 30.2 Å². The van der Waals surface area contributed by atoms with Gasteiger partial charge in [0.15, 0.2) is 0 Å². The van der Waals surface area contributed by atoms with Crippen molar-refractivity contribution in [3.8, 4) is 6.07 Å². The molecule has 5 nitrogen and oxygen atoms in total. The Bertz CT molecular complexity index is 716. The second-order valence-electron chi connectivity index (χ2n) is 4.61. The number of hydrogen-bond acceptors (Lipinski definition) is 4. The fraction of sp³-hybridized carbons (Fsp3) is 0.133. The number of nitrogen functional groups attached to an aromatic ring is 1. The Hall–Kier alpha value is -2.87. The molecule has 0 unspecified atom stereocenters. The molecule has 0 spiro atoms. The number of nitrogens with two attached hydrogens (primary N) is 1. The second-order valence-corrected chi connectivity index (χ2v) is 4.61. The van der Waals surface area contributed by atoms with E-state index < -0.39 is 0 Å². The average Bonchev–Trinajstić information content (AvgIpc) is 2.92. The van der Waals surface area contributed by atoms with Crippen molar-refractivity contribution in [2.24, 2.45) is 0 Å². The highest BCUT2D eigenvalue weighted by Gasteiger charge is 2.27. The molecule has 1 aromatic heterocycles. The smallest absolute Gasteiger partial charge is 0.276 e. The first-order valence-electron chi connectivity index (χ1n) is 6.26. The van der Waals surface area contributed by atoms with E-state index in [0.717, 1.165) is 17.7 Å². The first-order chi connectivity index (χ1) is 9.70. The van der Waals surface area contributed by atoms with Gasteiger partial charge in [-0.3, -0.25) is 4.79 Å². The largest absolute Gasteiger partial charge is 0.397 e. The summed E-state index contributed by atoms with van der Waals surface area (Å²) in [5.74, 6) is -0.189. The van der Waals surface area contributed by atoms with Gasteiger partial charge in [0.2, 0.25) is 0 Å². The maximum Gasteiger partial charge on any atom is 0.276 e. The first kappa shape index (κ1) is 12.2. The van der Waals surface area contributed by atoms with Gasteiger partial charge < -0.3 is 10.6 Å². The number of aromatic nitrogens is 1. The standard InChI is InChI=1S/C15H12N4O/c16-8-10-4-5-13(18-9-10)15(20)19-7-6-11-2-1-3-12(17)14(11)19/h1-5,9H,6-7,17H2. The van der Waals surface area contributed by atoms with Crippen molar-refractivity contribution in [2.75, 3.05) is 17.2 Å². The number of rotatable bonds is 1. The van der Waals surface area contributed by atoms with Gasteiger partial charge in [0.05, 0.1) is 16.9 Å². The van der Waals surface area contributed by atoms with Crippen molar-refractivity contribution in [1.82, 2.24) is 4.98 Å². The van der Waals surface area contributed by atoms with Crippen LogP contribution in [-0.4, -0.2) is 17.4 Å². The Morgan fingerprint density at radius 2 is 2.20 bits per heavy atom. The topological polar surface area (TPSA) is 83.0 Å². The van der Waals surface area contributed by atoms with E-state index in [-0.39, 0.29) is 5.91 Å². The summed E-state index contributed by atoms with van der Waals surface area (Å²) in [6, 6.07) is 10.8. The van der Waals surface area contributed by atoms with Crippen molar-refractivity contribution >= 4 is 17.3 Å². The summed E-state index contributed by atoms with van der Waals surface area (Å²) in [6.45, 7) is 0.601. The SMILES string of the molecule is N#Cc1ccc(C(=O)N2CCc3cccc(N)c32)nc1. The van der Waals surface area contributed by atoms with Crippen LogP contribution < -0.4 is 10.6 Å². The molecule has 1 aromatic carbocycles. The summed E-state index contributed by atoms with van der Waals surface area (Å²) in [5.41, 5.74) is 9.18. The van der Waals surface area contributed by atoms with Gasteiger partial charge >= 0.3 is 0 Å². The minimum Gasteiger partial charge on any atom is -0.397 e. The lowest BCUT2D eigenvalue weighted by Gasteiger charge is -2.18. The quantitative estimate of drug-likeness (QED) is 0.795. The van der Waals surface area contributed by atoms with Crippen LogP contribution in [0.5, 0.6) is 0 Å². The first-order valence-corrected chi connectivity index (χ1v) is 6.26. The fourth-order valence-corrected chi connectivity index (χ4v) is 2.41. The molecule has 1 aliphatic rings. The van der Waals surface area contributed by atoms with E-state index in [2.05, 4.69) is 4.98 Å².